The van der Waals surface area contributed by atoms with Gasteiger partial charge in [0.05, 0.1) is 11.4 Å². The van der Waals surface area contributed by atoms with Crippen molar-refractivity contribution >= 4 is 40.8 Å². The van der Waals surface area contributed by atoms with Crippen molar-refractivity contribution in [3.8, 4) is 11.4 Å². The number of hydrogen-bond acceptors (Lipinski definition) is 7. The molecule has 2 aromatic carbocycles. The van der Waals surface area contributed by atoms with Crippen LogP contribution in [0.5, 0.6) is 5.75 Å². The van der Waals surface area contributed by atoms with Crippen LogP contribution in [0.1, 0.15) is 45.9 Å². The molecule has 0 aliphatic carbocycles. The number of aromatic nitrogens is 4. The van der Waals surface area contributed by atoms with Gasteiger partial charge in [-0.2, -0.15) is 5.10 Å². The molecule has 1 aliphatic rings. The third-order valence-corrected chi connectivity index (χ3v) is 6.54. The van der Waals surface area contributed by atoms with Crippen LogP contribution in [0.25, 0.3) is 5.69 Å². The van der Waals surface area contributed by atoms with Crippen LogP contribution < -0.4 is 26.0 Å². The third-order valence-electron chi connectivity index (χ3n) is 6.54. The molecule has 11 nitrogen and oxygen atoms in total. The van der Waals surface area contributed by atoms with Crippen molar-refractivity contribution in [2.45, 2.75) is 52.6 Å². The van der Waals surface area contributed by atoms with Gasteiger partial charge in [-0.05, 0) is 56.7 Å². The van der Waals surface area contributed by atoms with Crippen LogP contribution in [0.3, 0.4) is 0 Å². The van der Waals surface area contributed by atoms with E-state index in [4.69, 9.17) is 4.74 Å². The predicted molar refractivity (Wildman–Crippen MR) is 155 cm³/mol. The van der Waals surface area contributed by atoms with Crippen molar-refractivity contribution in [1.29, 1.82) is 0 Å². The van der Waals surface area contributed by atoms with Crippen molar-refractivity contribution in [3.05, 3.63) is 71.7 Å². The Bertz CT molecular complexity index is 1710. The zero-order valence-electron chi connectivity index (χ0n) is 23.9. The number of benzene rings is 2. The summed E-state index contributed by atoms with van der Waals surface area (Å²) >= 11 is 0. The number of aryl methyl sites for hydroxylation is 1. The van der Waals surface area contributed by atoms with Crippen LogP contribution in [-0.4, -0.2) is 37.3 Å². The minimum atomic E-state index is -1.10. The average Bonchev–Trinajstić information content (AvgIpc) is 3.32. The molecule has 0 saturated heterocycles. The van der Waals surface area contributed by atoms with E-state index < -0.39 is 23.3 Å². The van der Waals surface area contributed by atoms with E-state index in [0.29, 0.717) is 28.6 Å². The zero-order chi connectivity index (χ0) is 30.4. The lowest BCUT2D eigenvalue weighted by molar-refractivity contribution is -0.129. The molecule has 5 rings (SSSR count). The number of nitrogens with zero attached hydrogens (tertiary/aromatic N) is 4. The molecule has 13 heteroatoms. The Morgan fingerprint density at radius 2 is 1.79 bits per heavy atom. The number of halogens is 2. The first-order valence-electron chi connectivity index (χ1n) is 13.1. The Kier molecular flexibility index (Phi) is 7.05. The number of ether oxygens (including phenoxy) is 1. The topological polar surface area (TPSA) is 135 Å². The van der Waals surface area contributed by atoms with Gasteiger partial charge < -0.3 is 20.7 Å². The first kappa shape index (κ1) is 28.5. The number of carbonyl (C=O) groups is 2. The fourth-order valence-corrected chi connectivity index (χ4v) is 4.15. The van der Waals surface area contributed by atoms with Gasteiger partial charge in [0.25, 0.3) is 5.91 Å². The first-order chi connectivity index (χ1) is 19.7. The Hall–Kier alpha value is -5.07. The molecule has 0 spiro atoms. The molecule has 0 atom stereocenters. The maximum absolute atomic E-state index is 14.0. The monoisotopic (exact) mass is 576 g/mol. The fourth-order valence-electron chi connectivity index (χ4n) is 4.15. The molecular weight excluding hydrogens is 546 g/mol. The number of anilines is 5. The summed E-state index contributed by atoms with van der Waals surface area (Å²) < 4.78 is 34.8. The molecule has 4 N–H and O–H groups in total. The highest BCUT2D eigenvalue weighted by Gasteiger charge is 2.38. The minimum Gasteiger partial charge on any atom is -0.470 e. The lowest BCUT2D eigenvalue weighted by Gasteiger charge is -2.31. The van der Waals surface area contributed by atoms with E-state index in [-0.39, 0.29) is 28.6 Å². The van der Waals surface area contributed by atoms with E-state index in [0.717, 1.165) is 17.7 Å². The van der Waals surface area contributed by atoms with Crippen molar-refractivity contribution in [2.24, 2.45) is 0 Å². The van der Waals surface area contributed by atoms with E-state index in [1.807, 2.05) is 27.7 Å². The maximum Gasteiger partial charge on any atom is 0.324 e. The van der Waals surface area contributed by atoms with Gasteiger partial charge in [-0.3, -0.25) is 10.1 Å². The molecule has 3 heterocycles. The van der Waals surface area contributed by atoms with Crippen molar-refractivity contribution in [2.75, 3.05) is 21.3 Å². The molecule has 0 fully saturated rings. The van der Waals surface area contributed by atoms with Crippen LogP contribution in [0.15, 0.2) is 48.8 Å². The molecule has 1 aliphatic heterocycles. The third kappa shape index (κ3) is 5.71. The van der Waals surface area contributed by atoms with Crippen molar-refractivity contribution in [1.82, 2.24) is 19.7 Å². The Balaban J connectivity index is 1.34. The van der Waals surface area contributed by atoms with E-state index >= 15 is 0 Å². The number of amides is 3. The van der Waals surface area contributed by atoms with Gasteiger partial charge in [-0.15, -0.1) is 0 Å². The van der Waals surface area contributed by atoms with Crippen LogP contribution in [-0.2, 0) is 10.2 Å². The molecule has 0 radical (unpaired) electrons. The smallest absolute Gasteiger partial charge is 0.324 e. The second kappa shape index (κ2) is 10.4. The Morgan fingerprint density at radius 3 is 2.48 bits per heavy atom. The van der Waals surface area contributed by atoms with Crippen LogP contribution >= 0.6 is 0 Å². The lowest BCUT2D eigenvalue weighted by atomic mass is 9.92. The maximum atomic E-state index is 14.0. The highest BCUT2D eigenvalue weighted by molar-refractivity contribution is 6.01. The first-order valence-corrected chi connectivity index (χ1v) is 13.1. The number of rotatable bonds is 5. The molecule has 4 aromatic rings. The second-order valence-electron chi connectivity index (χ2n) is 11.4. The lowest BCUT2D eigenvalue weighted by Crippen LogP contribution is -2.46. The standard InChI is InChI=1S/C29H30F2N8O3/c1-15-11-16(7-10-20(15)35-24-23-25(33-14-32-24)37-26(40)29(5,6)42-23)34-27(41)36-22-13-21(28(2,3)4)38-39(22)17-8-9-18(30)19(31)12-17/h7-14H,1-6H3,(H2,34,36,41)(H2,32,33,35,37,40). The van der Waals surface area contributed by atoms with Gasteiger partial charge in [-0.25, -0.2) is 28.2 Å². The van der Waals surface area contributed by atoms with Crippen LogP contribution in [0.4, 0.5) is 42.4 Å². The van der Waals surface area contributed by atoms with Gasteiger partial charge in [0.15, 0.2) is 28.9 Å². The van der Waals surface area contributed by atoms with E-state index in [2.05, 4.69) is 36.3 Å². The van der Waals surface area contributed by atoms with E-state index in [9.17, 15) is 18.4 Å². The molecular formula is C29H30F2N8O3. The molecule has 218 valence electrons. The highest BCUT2D eigenvalue weighted by Crippen LogP contribution is 2.38. The summed E-state index contributed by atoms with van der Waals surface area (Å²) in [5, 5.41) is 16.0. The van der Waals surface area contributed by atoms with Crippen LogP contribution in [0.2, 0.25) is 0 Å². The number of carbonyl (C=O) groups excluding carboxylic acids is 2. The molecule has 0 bridgehead atoms. The van der Waals surface area contributed by atoms with E-state index in [1.165, 1.54) is 17.1 Å². The fraction of sp³-hybridized carbons (Fsp3) is 0.276. The summed E-state index contributed by atoms with van der Waals surface area (Å²) in [6, 6.07) is 9.74. The van der Waals surface area contributed by atoms with Crippen molar-refractivity contribution in [3.63, 3.8) is 0 Å². The van der Waals surface area contributed by atoms with E-state index in [1.54, 1.807) is 38.1 Å². The SMILES string of the molecule is Cc1cc(NC(=O)Nc2cc(C(C)(C)C)nn2-c2ccc(F)c(F)c2)ccc1Nc1ncnc2c1OC(C)(C)C(=O)N2. The number of nitrogens with one attached hydrogen (secondary N) is 4. The summed E-state index contributed by atoms with van der Waals surface area (Å²) in [5.74, 6) is -1.09. The predicted octanol–water partition coefficient (Wildman–Crippen LogP) is 6.04. The number of urea groups is 1. The Morgan fingerprint density at radius 1 is 1.02 bits per heavy atom. The number of hydrogen-bond donors (Lipinski definition) is 4. The molecule has 0 unspecified atom stereocenters. The van der Waals surface area contributed by atoms with Gasteiger partial charge in [0.2, 0.25) is 5.75 Å². The van der Waals surface area contributed by atoms with Gasteiger partial charge >= 0.3 is 6.03 Å². The summed E-state index contributed by atoms with van der Waals surface area (Å²) in [6.45, 7) is 11.0. The summed E-state index contributed by atoms with van der Waals surface area (Å²) in [5.41, 5.74) is 1.40. The van der Waals surface area contributed by atoms with Gasteiger partial charge in [0.1, 0.15) is 12.1 Å². The minimum absolute atomic E-state index is 0.254. The van der Waals surface area contributed by atoms with Crippen molar-refractivity contribution < 1.29 is 23.1 Å². The average molecular weight is 577 g/mol. The van der Waals surface area contributed by atoms with Crippen LogP contribution in [0, 0.1) is 18.6 Å². The van der Waals surface area contributed by atoms with Gasteiger partial charge in [-0.1, -0.05) is 20.8 Å². The molecule has 2 aromatic heterocycles. The zero-order valence-corrected chi connectivity index (χ0v) is 23.9. The largest absolute Gasteiger partial charge is 0.470 e. The summed E-state index contributed by atoms with van der Waals surface area (Å²) in [6.07, 6.45) is 1.31. The van der Waals surface area contributed by atoms with Gasteiger partial charge in [0, 0.05) is 28.9 Å². The summed E-state index contributed by atoms with van der Waals surface area (Å²) in [4.78, 5) is 33.6. The molecule has 3 amide bonds. The summed E-state index contributed by atoms with van der Waals surface area (Å²) in [7, 11) is 0. The normalized spacial score (nSPS) is 14.0. The highest BCUT2D eigenvalue weighted by atomic mass is 19.2. The Labute approximate surface area is 240 Å². The quantitative estimate of drug-likeness (QED) is 0.227. The second-order valence-corrected chi connectivity index (χ2v) is 11.4. The molecule has 42 heavy (non-hydrogen) atoms. The molecule has 0 saturated carbocycles. The number of fused-ring (bicyclic) bond motifs is 1.